The van der Waals surface area contributed by atoms with Crippen LogP contribution in [0.5, 0.6) is 0 Å². The summed E-state index contributed by atoms with van der Waals surface area (Å²) >= 11 is 5.55. The van der Waals surface area contributed by atoms with Crippen molar-refractivity contribution in [2.75, 3.05) is 115 Å². The molecule has 3 aromatic rings. The van der Waals surface area contributed by atoms with Gasteiger partial charge in [-0.2, -0.15) is 9.97 Å². The number of fused-ring (bicyclic) bond motifs is 1. The maximum absolute atomic E-state index is 13.0. The van der Waals surface area contributed by atoms with Crippen molar-refractivity contribution < 1.29 is 57.5 Å². The number of unbranched alkanes of at least 4 members (excludes halogenated alkanes) is 5. The average molecular weight is 994 g/mol. The zero-order valence-corrected chi connectivity index (χ0v) is 41.1. The Balaban J connectivity index is 0.00000109. The van der Waals surface area contributed by atoms with E-state index in [2.05, 4.69) is 35.9 Å². The molecule has 3 rings (SSSR count). The van der Waals surface area contributed by atoms with Crippen LogP contribution in [0.3, 0.4) is 0 Å². The lowest BCUT2D eigenvalue weighted by molar-refractivity contribution is -0.142. The van der Waals surface area contributed by atoms with E-state index in [4.69, 9.17) is 51.5 Å². The van der Waals surface area contributed by atoms with E-state index in [0.717, 1.165) is 57.3 Å². The van der Waals surface area contributed by atoms with E-state index < -0.39 is 24.1 Å². The minimum absolute atomic E-state index is 0.0107. The number of hydrogen-bond donors (Lipinski definition) is 6. The Morgan fingerprint density at radius 1 is 0.725 bits per heavy atom. The second-order valence-corrected chi connectivity index (χ2v) is 15.8. The number of carboxylic acid groups (broad SMARTS) is 1. The predicted molar refractivity (Wildman–Crippen MR) is 261 cm³/mol. The van der Waals surface area contributed by atoms with Crippen LogP contribution in [-0.4, -0.2) is 154 Å². The van der Waals surface area contributed by atoms with E-state index in [1.54, 1.807) is 37.4 Å². The van der Waals surface area contributed by atoms with Gasteiger partial charge in [0.2, 0.25) is 11.9 Å². The van der Waals surface area contributed by atoms with Crippen molar-refractivity contribution in [1.82, 2.24) is 35.9 Å². The summed E-state index contributed by atoms with van der Waals surface area (Å²) in [7, 11) is 1.84. The number of amides is 3. The Kier molecular flexibility index (Phi) is 32.1. The van der Waals surface area contributed by atoms with E-state index in [9.17, 15) is 29.1 Å². The number of aliphatic carboxylic acids is 1. The van der Waals surface area contributed by atoms with Gasteiger partial charge < -0.3 is 65.8 Å². The molecule has 3 amide bonds. The van der Waals surface area contributed by atoms with Crippen molar-refractivity contribution in [2.24, 2.45) is 5.92 Å². The van der Waals surface area contributed by atoms with Crippen molar-refractivity contribution in [2.45, 2.75) is 84.6 Å². The van der Waals surface area contributed by atoms with Gasteiger partial charge in [-0.15, -0.1) is 11.6 Å². The number of rotatable bonds is 36. The monoisotopic (exact) mass is 993 g/mol. The molecule has 2 aromatic heterocycles. The summed E-state index contributed by atoms with van der Waals surface area (Å²) in [6.07, 6.45) is 7.04. The fourth-order valence-corrected chi connectivity index (χ4v) is 6.35. The van der Waals surface area contributed by atoms with Crippen LogP contribution in [0, 0.1) is 5.92 Å². The normalized spacial score (nSPS) is 11.2. The van der Waals surface area contributed by atoms with Gasteiger partial charge in [-0.25, -0.2) is 19.6 Å². The number of nitrogens with two attached hydrogens (primary N) is 2. The fourth-order valence-electron chi connectivity index (χ4n) is 6.16. The van der Waals surface area contributed by atoms with Gasteiger partial charge in [0.25, 0.3) is 0 Å². The Bertz CT molecular complexity index is 1930. The number of carboxylic acids is 1. The Labute approximate surface area is 409 Å². The van der Waals surface area contributed by atoms with Crippen LogP contribution in [0.15, 0.2) is 30.5 Å². The van der Waals surface area contributed by atoms with Crippen molar-refractivity contribution in [3.05, 3.63) is 41.7 Å². The first kappa shape index (κ1) is 59.4. The number of carbonyl (C=O) groups is 5. The van der Waals surface area contributed by atoms with Gasteiger partial charge in [-0.05, 0) is 76.6 Å². The van der Waals surface area contributed by atoms with Crippen LogP contribution in [0.1, 0.15) is 94.1 Å². The maximum Gasteiger partial charge on any atom is 0.407 e. The number of halogens is 1. The molecule has 2 heterocycles. The van der Waals surface area contributed by atoms with Crippen LogP contribution >= 0.6 is 11.6 Å². The van der Waals surface area contributed by atoms with Crippen LogP contribution in [0.4, 0.5) is 27.0 Å². The number of carbonyl (C=O) groups excluding carboxylic acids is 4. The van der Waals surface area contributed by atoms with Gasteiger partial charge in [0.1, 0.15) is 13.2 Å². The number of ether oxygens (including phenoxy) is 6. The van der Waals surface area contributed by atoms with Gasteiger partial charge in [-0.1, -0.05) is 12.8 Å². The number of benzene rings is 1. The number of nitrogen functional groups attached to an aromatic ring is 2. The lowest BCUT2D eigenvalue weighted by Gasteiger charge is -2.19. The van der Waals surface area contributed by atoms with Crippen LogP contribution in [0.25, 0.3) is 11.2 Å². The van der Waals surface area contributed by atoms with E-state index in [1.165, 1.54) is 12.8 Å². The second kappa shape index (κ2) is 37.2. The molecular weight excluding hydrogens is 920 g/mol. The number of nitrogens with zero attached hydrogens (tertiary/aromatic N) is 5. The summed E-state index contributed by atoms with van der Waals surface area (Å²) in [5.41, 5.74) is 13.9. The highest BCUT2D eigenvalue weighted by atomic mass is 35.5. The summed E-state index contributed by atoms with van der Waals surface area (Å²) in [6.45, 7) is 9.80. The first-order chi connectivity index (χ1) is 33.4. The number of ketones is 1. The zero-order chi connectivity index (χ0) is 50.5. The lowest BCUT2D eigenvalue weighted by Crippen LogP contribution is -2.28. The molecule has 0 bridgehead atoms. The first-order valence-electron chi connectivity index (χ1n) is 23.4. The number of Topliss-reactive ketones (excluding diaryl/α,β-unsaturated/α-hetero) is 1. The molecule has 8 N–H and O–H groups in total. The third-order valence-electron chi connectivity index (χ3n) is 9.84. The molecule has 0 aliphatic heterocycles. The van der Waals surface area contributed by atoms with Crippen LogP contribution < -0.4 is 32.3 Å². The molecule has 23 heteroatoms. The van der Waals surface area contributed by atoms with Crippen molar-refractivity contribution in [1.29, 1.82) is 0 Å². The van der Waals surface area contributed by atoms with Gasteiger partial charge in [0.05, 0.1) is 64.0 Å². The summed E-state index contributed by atoms with van der Waals surface area (Å²) in [4.78, 5) is 78.8. The molecule has 0 radical (unpaired) electrons. The number of alkyl halides is 1. The van der Waals surface area contributed by atoms with E-state index >= 15 is 0 Å². The minimum atomic E-state index is -1.14. The number of nitrogens with one attached hydrogen (secondary N) is 3. The number of hydrogen-bond acceptors (Lipinski definition) is 18. The van der Waals surface area contributed by atoms with Gasteiger partial charge in [-0.3, -0.25) is 14.4 Å². The Hall–Kier alpha value is -5.68. The molecule has 0 fully saturated rings. The molecule has 1 aromatic carbocycles. The average Bonchev–Trinajstić information content (AvgIpc) is 3.33. The fraction of sp³-hybridized carbons (Fsp3) is 0.630. The van der Waals surface area contributed by atoms with Crippen LogP contribution in [-0.2, 0) is 44.6 Å². The van der Waals surface area contributed by atoms with Gasteiger partial charge in [0.15, 0.2) is 22.8 Å². The second-order valence-electron chi connectivity index (χ2n) is 15.4. The first-order valence-corrected chi connectivity index (χ1v) is 24.0. The molecule has 386 valence electrons. The highest BCUT2D eigenvalue weighted by Crippen LogP contribution is 2.21. The molecule has 69 heavy (non-hydrogen) atoms. The molecule has 0 saturated heterocycles. The van der Waals surface area contributed by atoms with Crippen LogP contribution in [0.2, 0.25) is 0 Å². The van der Waals surface area contributed by atoms with Crippen molar-refractivity contribution in [3.63, 3.8) is 0 Å². The number of anilines is 3. The minimum Gasteiger partial charge on any atom is -0.481 e. The highest BCUT2D eigenvalue weighted by molar-refractivity contribution is 6.17. The topological polar surface area (TPSA) is 304 Å². The molecule has 1 atom stereocenters. The van der Waals surface area contributed by atoms with E-state index in [0.29, 0.717) is 74.7 Å². The maximum atomic E-state index is 13.0. The largest absolute Gasteiger partial charge is 0.481 e. The highest BCUT2D eigenvalue weighted by Gasteiger charge is 2.23. The third kappa shape index (κ3) is 27.8. The Morgan fingerprint density at radius 3 is 1.96 bits per heavy atom. The van der Waals surface area contributed by atoms with Crippen molar-refractivity contribution >= 4 is 70.1 Å². The molecule has 0 spiro atoms. The summed E-state index contributed by atoms with van der Waals surface area (Å²) in [5, 5.41) is 17.6. The van der Waals surface area contributed by atoms with Crippen molar-refractivity contribution in [3.8, 4) is 0 Å². The lowest BCUT2D eigenvalue weighted by atomic mass is 9.94. The summed E-state index contributed by atoms with van der Waals surface area (Å²) < 4.78 is 31.0. The standard InChI is InChI=1S/C36H52N10O10.C10H21ClO2/c1-3-39-35(51)55-19-17-53-15-16-54-18-20-56-36(52)41-14-6-4-5-13-40-29(48)12-9-25(33(49)50)21-28(47)24-7-10-27(11-8-24)46(2)23-26-22-42-32-30(43-26)31(37)44-34(38)45-32;1-2-12-9-10-13-8-6-4-3-5-7-11/h7-8,10-11,22,25H,3-6,9,12-21,23H2,1-2H3,(H,39,51)(H,40,48)(H,41,52)(H,49,50)(H4,37,38,42,44,45);2-10H2,1H3. The smallest absolute Gasteiger partial charge is 0.407 e. The predicted octanol–water partition coefficient (Wildman–Crippen LogP) is 4.91. The summed E-state index contributed by atoms with van der Waals surface area (Å²) in [6, 6.07) is 6.77. The van der Waals surface area contributed by atoms with E-state index in [1.807, 2.05) is 18.9 Å². The quantitative estimate of drug-likeness (QED) is 0.0256. The number of aromatic nitrogens is 4. The molecule has 22 nitrogen and oxygen atoms in total. The molecule has 1 unspecified atom stereocenters. The number of alkyl carbamates (subject to hydrolysis) is 2. The zero-order valence-electron chi connectivity index (χ0n) is 40.3. The van der Waals surface area contributed by atoms with Gasteiger partial charge in [0, 0.05) is 69.9 Å². The SMILES string of the molecule is CCNC(=O)OCCOCCOCCOC(=O)NCCCCCNC(=O)CCC(CC(=O)c1ccc(N(C)Cc2cnc3nc(N)nc(N)c3n2)cc1)C(=O)O.CCOCCOCCCCCCCl. The molecule has 0 aliphatic rings. The molecule has 0 aliphatic carbocycles. The van der Waals surface area contributed by atoms with Gasteiger partial charge >= 0.3 is 18.2 Å². The summed E-state index contributed by atoms with van der Waals surface area (Å²) in [5.74, 6) is -1.87. The van der Waals surface area contributed by atoms with E-state index in [-0.39, 0.29) is 69.1 Å². The Morgan fingerprint density at radius 2 is 1.32 bits per heavy atom. The third-order valence-corrected chi connectivity index (χ3v) is 10.1. The molecular formula is C46H73ClN10O12. The molecule has 0 saturated carbocycles.